The monoisotopic (exact) mass is 663 g/mol. The summed E-state index contributed by atoms with van der Waals surface area (Å²) in [7, 11) is 0. The molecule has 242 valence electrons. The lowest BCUT2D eigenvalue weighted by Crippen LogP contribution is -2.32. The fraction of sp³-hybridized carbons (Fsp3) is 0.0208. The molecule has 4 heteroatoms. The molecule has 0 amide bonds. The third-order valence-electron chi connectivity index (χ3n) is 10.4. The van der Waals surface area contributed by atoms with Gasteiger partial charge in [-0.15, -0.1) is 0 Å². The Morgan fingerprint density at radius 3 is 1.69 bits per heavy atom. The van der Waals surface area contributed by atoms with Crippen LogP contribution in [0.3, 0.4) is 0 Å². The van der Waals surface area contributed by atoms with Crippen LogP contribution in [0.15, 0.2) is 176 Å². The fourth-order valence-electron chi connectivity index (χ4n) is 8.06. The molecule has 1 aliphatic carbocycles. The van der Waals surface area contributed by atoms with Gasteiger partial charge in [0.1, 0.15) is 11.5 Å². The molecule has 8 aromatic rings. The van der Waals surface area contributed by atoms with Gasteiger partial charge in [0.05, 0.1) is 23.4 Å². The van der Waals surface area contributed by atoms with E-state index in [0.717, 1.165) is 61.8 Å². The first-order valence-electron chi connectivity index (χ1n) is 17.4. The number of hydrogen-bond donors (Lipinski definition) is 0. The molecule has 1 aromatic heterocycles. The quantitative estimate of drug-likeness (QED) is 0.176. The van der Waals surface area contributed by atoms with Crippen LogP contribution in [0, 0.1) is 6.57 Å². The molecule has 0 atom stereocenters. The van der Waals surface area contributed by atoms with Gasteiger partial charge < -0.3 is 4.74 Å². The van der Waals surface area contributed by atoms with Gasteiger partial charge in [0.25, 0.3) is 0 Å². The molecule has 0 fully saturated rings. The van der Waals surface area contributed by atoms with Crippen molar-refractivity contribution in [1.29, 1.82) is 0 Å². The lowest BCUT2D eigenvalue weighted by Gasteiger charge is -2.39. The van der Waals surface area contributed by atoms with Crippen LogP contribution in [0.5, 0.6) is 11.5 Å². The maximum Gasteiger partial charge on any atom is 0.187 e. The normalized spacial score (nSPS) is 12.9. The SMILES string of the molecule is [C-]#[N+]c1ccc(-c2cccc(-c3cc(-c4ccc5c(c4)C4(c6ccccc6Oc6ccccc64)c4ccccc4-5)nc(-c4ccccc4)n3)c2)cc1. The Kier molecular flexibility index (Phi) is 6.74. The highest BCUT2D eigenvalue weighted by Gasteiger charge is 2.51. The summed E-state index contributed by atoms with van der Waals surface area (Å²) in [5.41, 5.74) is 14.0. The molecule has 4 nitrogen and oxygen atoms in total. The van der Waals surface area contributed by atoms with E-state index in [-0.39, 0.29) is 0 Å². The maximum absolute atomic E-state index is 7.35. The Morgan fingerprint density at radius 2 is 0.981 bits per heavy atom. The van der Waals surface area contributed by atoms with E-state index in [0.29, 0.717) is 11.5 Å². The van der Waals surface area contributed by atoms with Crippen LogP contribution in [0.4, 0.5) is 5.69 Å². The second kappa shape index (κ2) is 11.8. The van der Waals surface area contributed by atoms with E-state index in [9.17, 15) is 0 Å². The van der Waals surface area contributed by atoms with Crippen molar-refractivity contribution in [3.05, 3.63) is 210 Å². The number of para-hydroxylation sites is 2. The van der Waals surface area contributed by atoms with Crippen LogP contribution in [0.1, 0.15) is 22.3 Å². The van der Waals surface area contributed by atoms with Gasteiger partial charge >= 0.3 is 0 Å². The van der Waals surface area contributed by atoms with Crippen LogP contribution in [0.25, 0.3) is 61.0 Å². The second-order valence-electron chi connectivity index (χ2n) is 13.2. The molecule has 1 aliphatic heterocycles. The molecule has 2 heterocycles. The van der Waals surface area contributed by atoms with Crippen LogP contribution in [0.2, 0.25) is 0 Å². The molecule has 10 rings (SSSR count). The third-order valence-corrected chi connectivity index (χ3v) is 10.4. The summed E-state index contributed by atoms with van der Waals surface area (Å²) in [4.78, 5) is 13.9. The summed E-state index contributed by atoms with van der Waals surface area (Å²) in [5, 5.41) is 0. The van der Waals surface area contributed by atoms with Crippen LogP contribution >= 0.6 is 0 Å². The van der Waals surface area contributed by atoms with Crippen LogP contribution < -0.4 is 4.74 Å². The van der Waals surface area contributed by atoms with Crippen molar-refractivity contribution in [3.63, 3.8) is 0 Å². The Morgan fingerprint density at radius 1 is 0.423 bits per heavy atom. The highest BCUT2D eigenvalue weighted by molar-refractivity contribution is 5.90. The lowest BCUT2D eigenvalue weighted by molar-refractivity contribution is 0.436. The zero-order valence-corrected chi connectivity index (χ0v) is 28.0. The molecule has 0 unspecified atom stereocenters. The van der Waals surface area contributed by atoms with Crippen molar-refractivity contribution < 1.29 is 4.74 Å². The minimum absolute atomic E-state index is 0.567. The Bertz CT molecular complexity index is 2680. The van der Waals surface area contributed by atoms with E-state index < -0.39 is 5.41 Å². The number of nitrogens with zero attached hydrogens (tertiary/aromatic N) is 3. The smallest absolute Gasteiger partial charge is 0.187 e. The van der Waals surface area contributed by atoms with Crippen molar-refractivity contribution >= 4 is 5.69 Å². The third kappa shape index (κ3) is 4.54. The summed E-state index contributed by atoms with van der Waals surface area (Å²) < 4.78 is 6.56. The summed E-state index contributed by atoms with van der Waals surface area (Å²) in [5.74, 6) is 2.40. The zero-order chi connectivity index (χ0) is 34.6. The van der Waals surface area contributed by atoms with Crippen molar-refractivity contribution in [2.45, 2.75) is 5.41 Å². The summed E-state index contributed by atoms with van der Waals surface area (Å²) in [6, 6.07) is 60.9. The summed E-state index contributed by atoms with van der Waals surface area (Å²) in [6.07, 6.45) is 0. The molecular formula is C48H29N3O. The maximum atomic E-state index is 7.35. The lowest BCUT2D eigenvalue weighted by atomic mass is 9.66. The van der Waals surface area contributed by atoms with E-state index in [2.05, 4.69) is 126 Å². The molecule has 0 saturated heterocycles. The highest BCUT2D eigenvalue weighted by atomic mass is 16.5. The molecule has 7 aromatic carbocycles. The van der Waals surface area contributed by atoms with Crippen molar-refractivity contribution in [2.24, 2.45) is 0 Å². The molecule has 0 saturated carbocycles. The van der Waals surface area contributed by atoms with Crippen LogP contribution in [-0.4, -0.2) is 9.97 Å². The number of rotatable bonds is 4. The minimum atomic E-state index is -0.567. The number of hydrogen-bond acceptors (Lipinski definition) is 3. The van der Waals surface area contributed by atoms with Gasteiger partial charge in [-0.25, -0.2) is 14.8 Å². The van der Waals surface area contributed by atoms with E-state index in [1.165, 1.54) is 22.3 Å². The van der Waals surface area contributed by atoms with Crippen LogP contribution in [-0.2, 0) is 5.41 Å². The number of ether oxygens (including phenoxy) is 1. The molecule has 2 aliphatic rings. The predicted octanol–water partition coefficient (Wildman–Crippen LogP) is 12.2. The first kappa shape index (κ1) is 29.8. The first-order chi connectivity index (χ1) is 25.7. The topological polar surface area (TPSA) is 39.4 Å². The van der Waals surface area contributed by atoms with Gasteiger partial charge in [0.15, 0.2) is 11.5 Å². The Hall–Kier alpha value is -7.09. The summed E-state index contributed by atoms with van der Waals surface area (Å²) in [6.45, 7) is 7.35. The average molecular weight is 664 g/mol. The number of fused-ring (bicyclic) bond motifs is 9. The van der Waals surface area contributed by atoms with Gasteiger partial charge in [-0.1, -0.05) is 146 Å². The Labute approximate surface area is 302 Å². The Balaban J connectivity index is 1.19. The summed E-state index contributed by atoms with van der Waals surface area (Å²) >= 11 is 0. The largest absolute Gasteiger partial charge is 0.457 e. The molecule has 0 N–H and O–H groups in total. The first-order valence-corrected chi connectivity index (χ1v) is 17.4. The van der Waals surface area contributed by atoms with Gasteiger partial charge in [0, 0.05) is 27.8 Å². The van der Waals surface area contributed by atoms with E-state index in [4.69, 9.17) is 21.3 Å². The molecule has 1 spiro atoms. The van der Waals surface area contributed by atoms with E-state index in [1.54, 1.807) is 0 Å². The highest BCUT2D eigenvalue weighted by Crippen LogP contribution is 2.62. The minimum Gasteiger partial charge on any atom is -0.457 e. The van der Waals surface area contributed by atoms with Gasteiger partial charge in [-0.05, 0) is 63.7 Å². The van der Waals surface area contributed by atoms with Crippen molar-refractivity contribution in [1.82, 2.24) is 9.97 Å². The number of benzene rings is 7. The average Bonchev–Trinajstić information content (AvgIpc) is 3.51. The standard InChI is InChI=1S/C48H29N3O/c1-49-36-25-22-31(23-26-36)33-14-11-15-34(28-33)43-30-44(51-47(50-43)32-12-3-2-4-13-32)35-24-27-38-37-16-5-6-17-39(37)48(42(38)29-35)40-18-7-9-20-45(40)52-46-21-10-8-19-41(46)48/h2-30H. The van der Waals surface area contributed by atoms with Crippen molar-refractivity contribution in [3.8, 4) is 67.7 Å². The van der Waals surface area contributed by atoms with E-state index in [1.807, 2.05) is 54.6 Å². The van der Waals surface area contributed by atoms with Gasteiger partial charge in [0.2, 0.25) is 0 Å². The van der Waals surface area contributed by atoms with E-state index >= 15 is 0 Å². The molecule has 52 heavy (non-hydrogen) atoms. The molecular weight excluding hydrogens is 635 g/mol. The fourth-order valence-corrected chi connectivity index (χ4v) is 8.06. The molecule has 0 radical (unpaired) electrons. The van der Waals surface area contributed by atoms with Gasteiger partial charge in [-0.2, -0.15) is 0 Å². The second-order valence-corrected chi connectivity index (χ2v) is 13.2. The van der Waals surface area contributed by atoms with Gasteiger partial charge in [-0.3, -0.25) is 0 Å². The van der Waals surface area contributed by atoms with Crippen molar-refractivity contribution in [2.75, 3.05) is 0 Å². The molecule has 0 bridgehead atoms. The zero-order valence-electron chi connectivity index (χ0n) is 28.0. The predicted molar refractivity (Wildman–Crippen MR) is 207 cm³/mol. The number of aromatic nitrogens is 2.